The number of hydrogen-bond donors (Lipinski definition) is 1. The van der Waals surface area contributed by atoms with Gasteiger partial charge in [0.05, 0.1) is 12.3 Å². The summed E-state index contributed by atoms with van der Waals surface area (Å²) < 4.78 is 5.76. The number of para-hydroxylation sites is 2. The Bertz CT molecular complexity index is 672. The predicted molar refractivity (Wildman–Crippen MR) is 96.4 cm³/mol. The number of fused-ring (bicyclic) bond motifs is 1. The topological polar surface area (TPSA) is 41.6 Å². The predicted octanol–water partition coefficient (Wildman–Crippen LogP) is 3.54. The molecule has 3 rings (SSSR count). The van der Waals surface area contributed by atoms with E-state index < -0.39 is 0 Å². The Morgan fingerprint density at radius 1 is 1.17 bits per heavy atom. The second-order valence-corrected chi connectivity index (χ2v) is 5.94. The van der Waals surface area contributed by atoms with Gasteiger partial charge in [0.25, 0.3) is 0 Å². The van der Waals surface area contributed by atoms with Crippen LogP contribution in [0, 0.1) is 0 Å². The van der Waals surface area contributed by atoms with Crippen LogP contribution in [0.5, 0.6) is 5.75 Å². The number of nitrogens with one attached hydrogen (secondary N) is 1. The zero-order valence-electron chi connectivity index (χ0n) is 14.1. The highest BCUT2D eigenvalue weighted by Gasteiger charge is 2.24. The number of hydrogen-bond acceptors (Lipinski definition) is 3. The van der Waals surface area contributed by atoms with Gasteiger partial charge in [0, 0.05) is 19.0 Å². The van der Waals surface area contributed by atoms with Crippen LogP contribution in [-0.4, -0.2) is 25.6 Å². The monoisotopic (exact) mass is 324 g/mol. The molecule has 0 bridgehead atoms. The van der Waals surface area contributed by atoms with E-state index in [1.807, 2.05) is 47.4 Å². The molecule has 0 fully saturated rings. The van der Waals surface area contributed by atoms with E-state index in [0.29, 0.717) is 19.6 Å². The van der Waals surface area contributed by atoms with Gasteiger partial charge >= 0.3 is 0 Å². The molecule has 0 aliphatic carbocycles. The smallest absolute Gasteiger partial charge is 0.229 e. The molecule has 1 heterocycles. The first-order valence-corrected chi connectivity index (χ1v) is 8.60. The zero-order chi connectivity index (χ0) is 16.8. The van der Waals surface area contributed by atoms with Gasteiger partial charge in [-0.3, -0.25) is 4.79 Å². The van der Waals surface area contributed by atoms with Crippen LogP contribution in [0.1, 0.15) is 31.4 Å². The van der Waals surface area contributed by atoms with Crippen molar-refractivity contribution in [1.82, 2.24) is 5.32 Å². The molecule has 126 valence electrons. The molecule has 2 aromatic carbocycles. The van der Waals surface area contributed by atoms with Crippen LogP contribution < -0.4 is 15.0 Å². The molecule has 1 atom stereocenters. The van der Waals surface area contributed by atoms with Crippen LogP contribution in [0.25, 0.3) is 0 Å². The number of benzene rings is 2. The van der Waals surface area contributed by atoms with Crippen molar-refractivity contribution in [2.75, 3.05) is 24.6 Å². The molecular formula is C20H24N2O2. The van der Waals surface area contributed by atoms with Crippen LogP contribution in [0.4, 0.5) is 5.69 Å². The first kappa shape index (κ1) is 16.5. The average molecular weight is 324 g/mol. The number of carbonyl (C=O) groups excluding carboxylic acids is 1. The second-order valence-electron chi connectivity index (χ2n) is 5.94. The molecule has 24 heavy (non-hydrogen) atoms. The highest BCUT2D eigenvalue weighted by atomic mass is 16.5. The van der Waals surface area contributed by atoms with Crippen LogP contribution in [0.15, 0.2) is 54.6 Å². The van der Waals surface area contributed by atoms with E-state index in [0.717, 1.165) is 30.0 Å². The number of carbonyl (C=O) groups is 1. The normalized spacial score (nSPS) is 15.1. The summed E-state index contributed by atoms with van der Waals surface area (Å²) in [4.78, 5) is 14.9. The molecule has 1 aliphatic rings. The first-order valence-electron chi connectivity index (χ1n) is 8.60. The minimum Gasteiger partial charge on any atom is -0.491 e. The number of rotatable bonds is 5. The Morgan fingerprint density at radius 2 is 1.92 bits per heavy atom. The molecular weight excluding hydrogens is 300 g/mol. The quantitative estimate of drug-likeness (QED) is 0.914. The van der Waals surface area contributed by atoms with E-state index in [1.165, 1.54) is 0 Å². The van der Waals surface area contributed by atoms with Gasteiger partial charge < -0.3 is 15.0 Å². The second kappa shape index (κ2) is 7.97. The summed E-state index contributed by atoms with van der Waals surface area (Å²) in [5.74, 6) is 0.922. The van der Waals surface area contributed by atoms with Crippen LogP contribution >= 0.6 is 0 Å². The lowest BCUT2D eigenvalue weighted by molar-refractivity contribution is -0.119. The molecule has 4 heteroatoms. The van der Waals surface area contributed by atoms with Crippen molar-refractivity contribution in [3.8, 4) is 5.75 Å². The lowest BCUT2D eigenvalue weighted by Crippen LogP contribution is -2.35. The van der Waals surface area contributed by atoms with E-state index in [4.69, 9.17) is 4.74 Å². The standard InChI is InChI=1S/C20H24N2O2/c1-2-21-17(16-9-4-3-5-10-16)15-20(23)22-13-8-14-24-19-12-7-6-11-18(19)22/h3-7,9-12,17,21H,2,8,13-15H2,1H3. The Hall–Kier alpha value is -2.33. The van der Waals surface area contributed by atoms with Crippen molar-refractivity contribution in [3.05, 3.63) is 60.2 Å². The van der Waals surface area contributed by atoms with Crippen LogP contribution in [0.2, 0.25) is 0 Å². The van der Waals surface area contributed by atoms with E-state index in [1.54, 1.807) is 0 Å². The zero-order valence-corrected chi connectivity index (χ0v) is 14.1. The summed E-state index contributed by atoms with van der Waals surface area (Å²) >= 11 is 0. The van der Waals surface area contributed by atoms with Crippen molar-refractivity contribution < 1.29 is 9.53 Å². The van der Waals surface area contributed by atoms with Crippen molar-refractivity contribution in [2.45, 2.75) is 25.8 Å². The minimum absolute atomic E-state index is 0.0278. The maximum Gasteiger partial charge on any atom is 0.229 e. The third-order valence-corrected chi connectivity index (χ3v) is 4.27. The molecule has 1 unspecified atom stereocenters. The fourth-order valence-electron chi connectivity index (χ4n) is 3.11. The third kappa shape index (κ3) is 3.77. The highest BCUT2D eigenvalue weighted by molar-refractivity contribution is 5.95. The van der Waals surface area contributed by atoms with Crippen molar-refractivity contribution in [1.29, 1.82) is 0 Å². The Morgan fingerprint density at radius 3 is 2.71 bits per heavy atom. The maximum absolute atomic E-state index is 13.0. The van der Waals surface area contributed by atoms with Gasteiger partial charge in [-0.1, -0.05) is 49.4 Å². The molecule has 0 aromatic heterocycles. The van der Waals surface area contributed by atoms with Gasteiger partial charge in [0.15, 0.2) is 0 Å². The lowest BCUT2D eigenvalue weighted by atomic mass is 10.0. The van der Waals surface area contributed by atoms with Crippen molar-refractivity contribution >= 4 is 11.6 Å². The Balaban J connectivity index is 1.80. The maximum atomic E-state index is 13.0. The molecule has 2 aromatic rings. The van der Waals surface area contributed by atoms with Gasteiger partial charge in [0.2, 0.25) is 5.91 Å². The van der Waals surface area contributed by atoms with Gasteiger partial charge in [-0.05, 0) is 30.7 Å². The Labute approximate surface area is 143 Å². The van der Waals surface area contributed by atoms with Gasteiger partial charge in [-0.15, -0.1) is 0 Å². The van der Waals surface area contributed by atoms with E-state index in [9.17, 15) is 4.79 Å². The molecule has 1 aliphatic heterocycles. The molecule has 1 N–H and O–H groups in total. The third-order valence-electron chi connectivity index (χ3n) is 4.27. The van der Waals surface area contributed by atoms with Crippen molar-refractivity contribution in [3.63, 3.8) is 0 Å². The summed E-state index contributed by atoms with van der Waals surface area (Å²) in [6, 6.07) is 18.0. The van der Waals surface area contributed by atoms with Gasteiger partial charge in [-0.25, -0.2) is 0 Å². The molecule has 1 amide bonds. The number of ether oxygens (including phenoxy) is 1. The van der Waals surface area contributed by atoms with Crippen LogP contribution in [0.3, 0.4) is 0 Å². The van der Waals surface area contributed by atoms with Gasteiger partial charge in [-0.2, -0.15) is 0 Å². The summed E-state index contributed by atoms with van der Waals surface area (Å²) in [5, 5.41) is 3.43. The molecule has 0 spiro atoms. The minimum atomic E-state index is 0.0278. The average Bonchev–Trinajstić information content (AvgIpc) is 2.84. The lowest BCUT2D eigenvalue weighted by Gasteiger charge is -2.25. The SMILES string of the molecule is CCNC(CC(=O)N1CCCOc2ccccc21)c1ccccc1. The number of amides is 1. The molecule has 0 saturated heterocycles. The van der Waals surface area contributed by atoms with E-state index >= 15 is 0 Å². The van der Waals surface area contributed by atoms with Gasteiger partial charge in [0.1, 0.15) is 5.75 Å². The van der Waals surface area contributed by atoms with Crippen LogP contribution in [-0.2, 0) is 4.79 Å². The summed E-state index contributed by atoms with van der Waals surface area (Å²) in [7, 11) is 0. The Kier molecular flexibility index (Phi) is 5.49. The number of nitrogens with zero attached hydrogens (tertiary/aromatic N) is 1. The summed E-state index contributed by atoms with van der Waals surface area (Å²) in [5.41, 5.74) is 2.02. The number of anilines is 1. The summed E-state index contributed by atoms with van der Waals surface area (Å²) in [6.45, 7) is 4.24. The fraction of sp³-hybridized carbons (Fsp3) is 0.350. The molecule has 0 radical (unpaired) electrons. The van der Waals surface area contributed by atoms with E-state index in [-0.39, 0.29) is 11.9 Å². The van der Waals surface area contributed by atoms with Crippen molar-refractivity contribution in [2.24, 2.45) is 0 Å². The first-order chi connectivity index (χ1) is 11.8. The highest BCUT2D eigenvalue weighted by Crippen LogP contribution is 2.31. The molecule has 4 nitrogen and oxygen atoms in total. The largest absolute Gasteiger partial charge is 0.491 e. The van der Waals surface area contributed by atoms with E-state index in [2.05, 4.69) is 24.4 Å². The summed E-state index contributed by atoms with van der Waals surface area (Å²) in [6.07, 6.45) is 1.28. The fourth-order valence-corrected chi connectivity index (χ4v) is 3.11. The molecule has 0 saturated carbocycles.